The number of allylic oxidation sites excluding steroid dienone is 1. The molecule has 1 aromatic heterocycles. The van der Waals surface area contributed by atoms with Gasteiger partial charge in [-0.15, -0.1) is 0 Å². The predicted molar refractivity (Wildman–Crippen MR) is 131 cm³/mol. The topological polar surface area (TPSA) is 100 Å². The van der Waals surface area contributed by atoms with E-state index in [9.17, 15) is 18.3 Å². The van der Waals surface area contributed by atoms with Crippen LogP contribution in [0.3, 0.4) is 0 Å². The lowest BCUT2D eigenvalue weighted by Gasteiger charge is -2.37. The van der Waals surface area contributed by atoms with Crippen LogP contribution in [0.2, 0.25) is 0 Å². The van der Waals surface area contributed by atoms with Gasteiger partial charge in [-0.05, 0) is 43.2 Å². The summed E-state index contributed by atoms with van der Waals surface area (Å²) in [6.07, 6.45) is 6.82. The quantitative estimate of drug-likeness (QED) is 0.644. The third kappa shape index (κ3) is 5.84. The monoisotopic (exact) mass is 487 g/mol. The number of aliphatic hydroxyl groups is 1. The lowest BCUT2D eigenvalue weighted by atomic mass is 10.0. The van der Waals surface area contributed by atoms with Gasteiger partial charge in [0.05, 0.1) is 19.6 Å². The maximum absolute atomic E-state index is 13.5. The highest BCUT2D eigenvalue weighted by Gasteiger charge is 2.38. The van der Waals surface area contributed by atoms with Gasteiger partial charge in [0.25, 0.3) is 0 Å². The molecule has 0 saturated carbocycles. The number of sulfonamides is 1. The van der Waals surface area contributed by atoms with E-state index in [-0.39, 0.29) is 48.6 Å². The molecule has 3 atom stereocenters. The van der Waals surface area contributed by atoms with Gasteiger partial charge in [0.1, 0.15) is 16.7 Å². The fourth-order valence-corrected chi connectivity index (χ4v) is 5.77. The van der Waals surface area contributed by atoms with Crippen molar-refractivity contribution >= 4 is 22.0 Å². The minimum Gasteiger partial charge on any atom is -0.487 e. The number of hydrogen-bond donors (Lipinski definition) is 1. The summed E-state index contributed by atoms with van der Waals surface area (Å²) in [5, 5.41) is 9.75. The number of carbonyl (C=O) groups is 1. The molecule has 1 aliphatic heterocycles. The Labute approximate surface area is 201 Å². The zero-order valence-electron chi connectivity index (χ0n) is 20.1. The lowest BCUT2D eigenvalue weighted by molar-refractivity contribution is -0.130. The van der Waals surface area contributed by atoms with Crippen molar-refractivity contribution < 1.29 is 23.1 Å². The summed E-state index contributed by atoms with van der Waals surface area (Å²) < 4.78 is 34.6. The van der Waals surface area contributed by atoms with E-state index in [1.807, 2.05) is 32.1 Å². The van der Waals surface area contributed by atoms with Gasteiger partial charge in [-0.2, -0.15) is 4.31 Å². The molecule has 0 fully saturated rings. The first-order valence-electron chi connectivity index (χ1n) is 11.4. The van der Waals surface area contributed by atoms with Crippen LogP contribution >= 0.6 is 0 Å². The van der Waals surface area contributed by atoms with Crippen molar-refractivity contribution in [2.45, 2.75) is 44.2 Å². The van der Waals surface area contributed by atoms with E-state index in [0.29, 0.717) is 0 Å². The molecule has 3 rings (SSSR count). The second-order valence-corrected chi connectivity index (χ2v) is 10.6. The summed E-state index contributed by atoms with van der Waals surface area (Å²) in [6, 6.07) is 8.02. The van der Waals surface area contributed by atoms with Gasteiger partial charge in [0, 0.05) is 37.9 Å². The largest absolute Gasteiger partial charge is 0.487 e. The summed E-state index contributed by atoms with van der Waals surface area (Å²) in [5.74, 6) is -0.0757. The fraction of sp³-hybridized carbons (Fsp3) is 0.440. The molecular formula is C25H33N3O5S. The van der Waals surface area contributed by atoms with Crippen LogP contribution in [0.15, 0.2) is 53.7 Å². The Kier molecular flexibility index (Phi) is 8.46. The highest BCUT2D eigenvalue weighted by Crippen LogP contribution is 2.34. The maximum atomic E-state index is 13.5. The molecule has 0 radical (unpaired) electrons. The van der Waals surface area contributed by atoms with Gasteiger partial charge >= 0.3 is 0 Å². The molecule has 0 bridgehead atoms. The molecule has 2 aromatic rings. The number of fused-ring (bicyclic) bond motifs is 1. The minimum absolute atomic E-state index is 0.0577. The zero-order valence-corrected chi connectivity index (χ0v) is 20.9. The normalized spacial score (nSPS) is 21.2. The number of pyridine rings is 1. The molecule has 9 heteroatoms. The summed E-state index contributed by atoms with van der Waals surface area (Å²) in [7, 11) is -2.17. The Morgan fingerprint density at radius 3 is 2.79 bits per heavy atom. The van der Waals surface area contributed by atoms with Crippen LogP contribution in [-0.2, 0) is 21.2 Å². The van der Waals surface area contributed by atoms with Gasteiger partial charge in [-0.1, -0.05) is 31.2 Å². The van der Waals surface area contributed by atoms with E-state index in [1.54, 1.807) is 55.5 Å². The molecule has 1 aliphatic rings. The van der Waals surface area contributed by atoms with E-state index in [2.05, 4.69) is 4.98 Å². The Morgan fingerprint density at radius 2 is 2.15 bits per heavy atom. The average molecular weight is 488 g/mol. The van der Waals surface area contributed by atoms with Crippen LogP contribution in [0, 0.1) is 5.92 Å². The number of carbonyl (C=O) groups excluding carboxylic acids is 1. The van der Waals surface area contributed by atoms with Crippen molar-refractivity contribution in [3.63, 3.8) is 0 Å². The summed E-state index contributed by atoms with van der Waals surface area (Å²) in [4.78, 5) is 18.6. The van der Waals surface area contributed by atoms with Crippen molar-refractivity contribution in [2.24, 2.45) is 5.92 Å². The van der Waals surface area contributed by atoms with Crippen molar-refractivity contribution in [2.75, 3.05) is 26.7 Å². The highest BCUT2D eigenvalue weighted by atomic mass is 32.2. The third-order valence-electron chi connectivity index (χ3n) is 6.01. The molecule has 0 unspecified atom stereocenters. The van der Waals surface area contributed by atoms with Gasteiger partial charge in [0.2, 0.25) is 15.9 Å². The number of aliphatic hydroxyl groups excluding tert-OH is 1. The Hall–Kier alpha value is -2.75. The SMILES string of the molecule is C/C=C/c1ccc2c(c1)O[C@H](CN(C)C(=O)Cc1cccnc1)[C@@H](C)CN([C@H](C)CO)S2(=O)=O. The Bertz CT molecular complexity index is 1120. The molecule has 8 nitrogen and oxygen atoms in total. The van der Waals surface area contributed by atoms with E-state index < -0.39 is 22.2 Å². The molecule has 1 N–H and O–H groups in total. The Morgan fingerprint density at radius 1 is 1.38 bits per heavy atom. The number of amides is 1. The van der Waals surface area contributed by atoms with Crippen molar-refractivity contribution in [3.05, 3.63) is 59.9 Å². The second kappa shape index (κ2) is 11.1. The number of rotatable bonds is 7. The molecule has 34 heavy (non-hydrogen) atoms. The van der Waals surface area contributed by atoms with E-state index in [1.165, 1.54) is 4.31 Å². The van der Waals surface area contributed by atoms with Gasteiger partial charge < -0.3 is 14.7 Å². The van der Waals surface area contributed by atoms with Crippen LogP contribution in [-0.4, -0.2) is 72.5 Å². The molecule has 1 aromatic carbocycles. The lowest BCUT2D eigenvalue weighted by Crippen LogP contribution is -2.50. The van der Waals surface area contributed by atoms with E-state index in [4.69, 9.17) is 4.74 Å². The minimum atomic E-state index is -3.89. The van der Waals surface area contributed by atoms with Crippen molar-refractivity contribution in [3.8, 4) is 5.75 Å². The van der Waals surface area contributed by atoms with Gasteiger partial charge in [-0.3, -0.25) is 9.78 Å². The van der Waals surface area contributed by atoms with Crippen LogP contribution in [0.4, 0.5) is 0 Å². The van der Waals surface area contributed by atoms with Crippen LogP contribution < -0.4 is 4.74 Å². The average Bonchev–Trinajstić information content (AvgIpc) is 2.81. The van der Waals surface area contributed by atoms with Crippen LogP contribution in [0.5, 0.6) is 5.75 Å². The molecule has 0 spiro atoms. The first-order chi connectivity index (χ1) is 16.2. The van der Waals surface area contributed by atoms with Gasteiger partial charge in [-0.25, -0.2) is 8.42 Å². The van der Waals surface area contributed by atoms with Crippen molar-refractivity contribution in [1.82, 2.24) is 14.2 Å². The molecule has 2 heterocycles. The number of nitrogens with zero attached hydrogens (tertiary/aromatic N) is 3. The van der Waals surface area contributed by atoms with E-state index >= 15 is 0 Å². The first kappa shape index (κ1) is 25.9. The second-order valence-electron chi connectivity index (χ2n) is 8.76. The summed E-state index contributed by atoms with van der Waals surface area (Å²) in [5.41, 5.74) is 1.63. The van der Waals surface area contributed by atoms with Crippen LogP contribution in [0.1, 0.15) is 31.9 Å². The van der Waals surface area contributed by atoms with Gasteiger partial charge in [0.15, 0.2) is 0 Å². The van der Waals surface area contributed by atoms with Crippen molar-refractivity contribution in [1.29, 1.82) is 0 Å². The highest BCUT2D eigenvalue weighted by molar-refractivity contribution is 7.89. The molecule has 1 amide bonds. The molecule has 0 aliphatic carbocycles. The number of hydrogen-bond acceptors (Lipinski definition) is 6. The maximum Gasteiger partial charge on any atom is 0.247 e. The zero-order chi connectivity index (χ0) is 24.9. The first-order valence-corrected chi connectivity index (χ1v) is 12.8. The molecule has 0 saturated heterocycles. The predicted octanol–water partition coefficient (Wildman–Crippen LogP) is 2.58. The third-order valence-corrected chi connectivity index (χ3v) is 8.03. The summed E-state index contributed by atoms with van der Waals surface area (Å²) in [6.45, 7) is 5.61. The summed E-state index contributed by atoms with van der Waals surface area (Å²) >= 11 is 0. The number of ether oxygens (including phenoxy) is 1. The van der Waals surface area contributed by atoms with Crippen LogP contribution in [0.25, 0.3) is 6.08 Å². The Balaban J connectivity index is 1.94. The standard InChI is InChI=1S/C25H33N3O5S/c1-5-7-20-9-10-24-22(12-20)33-23(18(2)15-28(19(3)17-29)34(24,31)32)16-27(4)25(30)13-21-8-6-11-26-14-21/h5-12,14,18-19,23,29H,13,15-17H2,1-4H3/b7-5+/t18-,19+,23+/m0/s1. The van der Waals surface area contributed by atoms with E-state index in [0.717, 1.165) is 11.1 Å². The molecule has 184 valence electrons. The fourth-order valence-electron chi connectivity index (χ4n) is 3.94. The number of benzene rings is 1. The number of aromatic nitrogens is 1. The smallest absolute Gasteiger partial charge is 0.247 e. The molecular weight excluding hydrogens is 454 g/mol. The number of likely N-dealkylation sites (N-methyl/N-ethyl adjacent to an activating group) is 1.